The van der Waals surface area contributed by atoms with E-state index in [-0.39, 0.29) is 25.7 Å². The highest BCUT2D eigenvalue weighted by Crippen LogP contribution is 2.35. The monoisotopic (exact) mass is 388 g/mol. The van der Waals surface area contributed by atoms with Gasteiger partial charge in [-0.15, -0.1) is 0 Å². The molecule has 0 amide bonds. The maximum Gasteiger partial charge on any atom is 0.287 e. The first-order chi connectivity index (χ1) is 10.6. The molecule has 0 aliphatic carbocycles. The molecule has 0 unspecified atom stereocenters. The summed E-state index contributed by atoms with van der Waals surface area (Å²) in [6, 6.07) is 0. The zero-order valence-electron chi connectivity index (χ0n) is 11.7. The number of rotatable bonds is 0. The Morgan fingerprint density at radius 3 is 1.09 bits per heavy atom. The molecule has 2 bridgehead atoms. The minimum atomic E-state index is -4.07. The van der Waals surface area contributed by atoms with E-state index in [1.807, 2.05) is 0 Å². The summed E-state index contributed by atoms with van der Waals surface area (Å²) < 4.78 is 85.5. The van der Waals surface area contributed by atoms with Gasteiger partial charge in [-0.2, -0.15) is 52.8 Å². The van der Waals surface area contributed by atoms with Crippen LogP contribution in [-0.2, 0) is 30.6 Å². The van der Waals surface area contributed by atoms with E-state index in [9.17, 15) is 25.3 Å². The molecule has 4 aliphatic heterocycles. The van der Waals surface area contributed by atoms with Gasteiger partial charge in [0.25, 0.3) is 30.6 Å². The Balaban J connectivity index is 1.91. The van der Waals surface area contributed by atoms with Crippen molar-refractivity contribution in [3.05, 3.63) is 0 Å². The van der Waals surface area contributed by atoms with E-state index in [4.69, 9.17) is 0 Å². The summed E-state index contributed by atoms with van der Waals surface area (Å²) in [7, 11) is -11.9. The summed E-state index contributed by atoms with van der Waals surface area (Å²) >= 11 is 0. The van der Waals surface area contributed by atoms with Crippen LogP contribution in [0, 0.1) is 0 Å². The fourth-order valence-electron chi connectivity index (χ4n) is 3.55. The molecular formula is C8H16N6O6S3. The highest BCUT2D eigenvalue weighted by molar-refractivity contribution is 7.89. The van der Waals surface area contributed by atoms with Crippen LogP contribution in [0.3, 0.4) is 0 Å². The van der Waals surface area contributed by atoms with E-state index < -0.39 is 55.3 Å². The summed E-state index contributed by atoms with van der Waals surface area (Å²) in [5.74, 6) is 0. The number of nitrogens with one attached hydrogen (secondary N) is 4. The molecule has 4 rings (SSSR count). The number of hydrogen-bond acceptors (Lipinski definition) is 6. The molecule has 132 valence electrons. The fraction of sp³-hybridized carbons (Fsp3) is 1.00. The molecule has 23 heavy (non-hydrogen) atoms. The standard InChI is InChI=1S/C8H16N6O6S3/c15-21(16)9-5-1-2-6-10-22(17,18)12-8-4-3-7(11-21)14(8)23(19,20)13(5)6/h5-12H,1-4H2/t5-,6-,7-,8-/m0/s1. The van der Waals surface area contributed by atoms with E-state index in [2.05, 4.69) is 18.9 Å². The summed E-state index contributed by atoms with van der Waals surface area (Å²) in [5, 5.41) is 0. The lowest BCUT2D eigenvalue weighted by molar-refractivity contribution is 0.213. The molecular weight excluding hydrogens is 372 g/mol. The lowest BCUT2D eigenvalue weighted by atomic mass is 10.3. The first kappa shape index (κ1) is 16.1. The van der Waals surface area contributed by atoms with Crippen LogP contribution in [0.1, 0.15) is 25.7 Å². The molecule has 4 aliphatic rings. The van der Waals surface area contributed by atoms with Crippen molar-refractivity contribution in [1.82, 2.24) is 27.5 Å². The Labute approximate surface area is 134 Å². The first-order valence-corrected chi connectivity index (χ1v) is 11.4. The van der Waals surface area contributed by atoms with Gasteiger partial charge in [-0.3, -0.25) is 0 Å². The molecule has 0 aromatic rings. The molecule has 4 fully saturated rings. The third-order valence-corrected chi connectivity index (χ3v) is 8.77. The van der Waals surface area contributed by atoms with Crippen molar-refractivity contribution in [3.63, 3.8) is 0 Å². The summed E-state index contributed by atoms with van der Waals surface area (Å²) in [5.41, 5.74) is 0. The van der Waals surface area contributed by atoms with Crippen molar-refractivity contribution in [2.75, 3.05) is 0 Å². The van der Waals surface area contributed by atoms with Crippen LogP contribution < -0.4 is 18.9 Å². The molecule has 12 nitrogen and oxygen atoms in total. The largest absolute Gasteiger partial charge is 0.287 e. The lowest BCUT2D eigenvalue weighted by Crippen LogP contribution is -2.70. The number of hydrogen-bond donors (Lipinski definition) is 4. The average molecular weight is 388 g/mol. The summed E-state index contributed by atoms with van der Waals surface area (Å²) in [4.78, 5) is 0. The van der Waals surface area contributed by atoms with Crippen LogP contribution in [0.15, 0.2) is 0 Å². The van der Waals surface area contributed by atoms with E-state index >= 15 is 0 Å². The Hall–Kier alpha value is -0.390. The zero-order valence-corrected chi connectivity index (χ0v) is 14.2. The first-order valence-electron chi connectivity index (χ1n) is 7.00. The number of nitrogens with zero attached hydrogens (tertiary/aromatic N) is 2. The van der Waals surface area contributed by atoms with Gasteiger partial charge in [0.1, 0.15) is 0 Å². The van der Waals surface area contributed by atoms with Gasteiger partial charge in [0.2, 0.25) is 0 Å². The van der Waals surface area contributed by atoms with Crippen LogP contribution in [-0.4, -0.2) is 58.5 Å². The minimum absolute atomic E-state index is 0.163. The average Bonchev–Trinajstić information content (AvgIpc) is 2.90. The maximum absolute atomic E-state index is 13.0. The topological polar surface area (TPSA) is 157 Å². The molecule has 4 atom stereocenters. The third kappa shape index (κ3) is 2.50. The lowest BCUT2D eigenvalue weighted by Gasteiger charge is -2.41. The SMILES string of the molecule is O=S1(=O)N[C@@H]2CC[C@H]3NS(=O)(=O)N[C@@H]4CC[C@@H](N1)N4S(=O)(=O)N23. The predicted octanol–water partition coefficient (Wildman–Crippen LogP) is -3.40. The second-order valence-corrected chi connectivity index (χ2v) is 10.6. The van der Waals surface area contributed by atoms with E-state index in [1.54, 1.807) is 0 Å². The van der Waals surface area contributed by atoms with Crippen LogP contribution in [0.2, 0.25) is 0 Å². The van der Waals surface area contributed by atoms with Crippen LogP contribution >= 0.6 is 0 Å². The molecule has 0 radical (unpaired) electrons. The molecule has 4 N–H and O–H groups in total. The van der Waals surface area contributed by atoms with E-state index in [0.717, 1.165) is 8.61 Å². The fourth-order valence-corrected chi connectivity index (χ4v) is 8.45. The predicted molar refractivity (Wildman–Crippen MR) is 76.6 cm³/mol. The molecule has 0 spiro atoms. The minimum Gasteiger partial charge on any atom is -0.195 e. The van der Waals surface area contributed by atoms with Crippen LogP contribution in [0.4, 0.5) is 0 Å². The zero-order chi connectivity index (χ0) is 16.6. The molecule has 4 heterocycles. The van der Waals surface area contributed by atoms with Crippen molar-refractivity contribution < 1.29 is 25.3 Å². The Morgan fingerprint density at radius 1 is 0.565 bits per heavy atom. The van der Waals surface area contributed by atoms with Crippen molar-refractivity contribution in [2.24, 2.45) is 0 Å². The van der Waals surface area contributed by atoms with Gasteiger partial charge in [-0.25, -0.2) is 0 Å². The van der Waals surface area contributed by atoms with Crippen LogP contribution in [0.5, 0.6) is 0 Å². The van der Waals surface area contributed by atoms with Gasteiger partial charge in [0.05, 0.1) is 24.7 Å². The van der Waals surface area contributed by atoms with Gasteiger partial charge < -0.3 is 0 Å². The third-order valence-electron chi connectivity index (χ3n) is 4.35. The molecule has 4 saturated heterocycles. The van der Waals surface area contributed by atoms with Crippen molar-refractivity contribution >= 4 is 30.6 Å². The van der Waals surface area contributed by atoms with Crippen molar-refractivity contribution in [2.45, 2.75) is 50.3 Å². The van der Waals surface area contributed by atoms with Gasteiger partial charge in [-0.05, 0) is 25.7 Å². The summed E-state index contributed by atoms with van der Waals surface area (Å²) in [6.45, 7) is 0. The van der Waals surface area contributed by atoms with Crippen LogP contribution in [0.25, 0.3) is 0 Å². The van der Waals surface area contributed by atoms with Crippen molar-refractivity contribution in [1.29, 1.82) is 0 Å². The van der Waals surface area contributed by atoms with Gasteiger partial charge in [0, 0.05) is 0 Å². The second-order valence-electron chi connectivity index (χ2n) is 5.86. The van der Waals surface area contributed by atoms with Crippen molar-refractivity contribution in [3.8, 4) is 0 Å². The van der Waals surface area contributed by atoms with Gasteiger partial charge in [-0.1, -0.05) is 0 Å². The van der Waals surface area contributed by atoms with E-state index in [0.29, 0.717) is 0 Å². The summed E-state index contributed by atoms with van der Waals surface area (Å²) in [6.07, 6.45) is -3.49. The molecule has 0 aromatic carbocycles. The maximum atomic E-state index is 13.0. The highest BCUT2D eigenvalue weighted by atomic mass is 32.2. The normalized spacial score (nSPS) is 44.9. The van der Waals surface area contributed by atoms with Gasteiger partial charge in [0.15, 0.2) is 0 Å². The molecule has 0 aromatic heterocycles. The van der Waals surface area contributed by atoms with Gasteiger partial charge >= 0.3 is 0 Å². The Morgan fingerprint density at radius 2 is 0.826 bits per heavy atom. The second kappa shape index (κ2) is 4.83. The smallest absolute Gasteiger partial charge is 0.195 e. The molecule has 15 heteroatoms. The Kier molecular flexibility index (Phi) is 3.38. The van der Waals surface area contributed by atoms with E-state index in [1.165, 1.54) is 0 Å². The molecule has 0 saturated carbocycles. The highest BCUT2D eigenvalue weighted by Gasteiger charge is 2.56. The Bertz CT molecular complexity index is 736. The quantitative estimate of drug-likeness (QED) is 0.339.